The van der Waals surface area contributed by atoms with Crippen molar-refractivity contribution >= 4 is 29.3 Å². The lowest BCUT2D eigenvalue weighted by molar-refractivity contribution is 0.0725. The van der Waals surface area contributed by atoms with Crippen LogP contribution in [-0.4, -0.2) is 35.2 Å². The van der Waals surface area contributed by atoms with E-state index in [9.17, 15) is 9.90 Å². The maximum atomic E-state index is 11.8. The van der Waals surface area contributed by atoms with E-state index in [-0.39, 0.29) is 12.5 Å². The molecule has 94 valence electrons. The number of carbonyl (C=O) groups excluding carboxylic acids is 1. The summed E-state index contributed by atoms with van der Waals surface area (Å²) in [5, 5.41) is 13.1. The minimum atomic E-state index is -0.895. The van der Waals surface area contributed by atoms with Crippen molar-refractivity contribution in [3.8, 4) is 0 Å². The summed E-state index contributed by atoms with van der Waals surface area (Å²) in [6, 6.07) is 6.71. The highest BCUT2D eigenvalue weighted by Crippen LogP contribution is 2.12. The van der Waals surface area contributed by atoms with Crippen LogP contribution in [0, 0.1) is 0 Å². The van der Waals surface area contributed by atoms with Gasteiger partial charge in [0, 0.05) is 22.9 Å². The monoisotopic (exact) mass is 273 g/mol. The molecule has 17 heavy (non-hydrogen) atoms. The Morgan fingerprint density at radius 3 is 2.88 bits per heavy atom. The molecular weight excluding hydrogens is 258 g/mol. The van der Waals surface area contributed by atoms with Crippen LogP contribution in [-0.2, 0) is 0 Å². The van der Waals surface area contributed by atoms with E-state index < -0.39 is 5.60 Å². The third-order valence-corrected chi connectivity index (χ3v) is 3.32. The zero-order valence-electron chi connectivity index (χ0n) is 9.87. The topological polar surface area (TPSA) is 49.3 Å². The normalized spacial score (nSPS) is 14.1. The van der Waals surface area contributed by atoms with Crippen LogP contribution in [0.15, 0.2) is 24.3 Å². The molecule has 1 aromatic rings. The molecule has 0 bridgehead atoms. The number of nitrogens with one attached hydrogen (secondary N) is 1. The van der Waals surface area contributed by atoms with Crippen molar-refractivity contribution in [2.75, 3.05) is 18.6 Å². The van der Waals surface area contributed by atoms with Gasteiger partial charge in [-0.1, -0.05) is 17.7 Å². The second-order valence-corrected chi connectivity index (χ2v) is 5.43. The lowest BCUT2D eigenvalue weighted by atomic mass is 10.1. The third-order valence-electron chi connectivity index (χ3n) is 2.17. The summed E-state index contributed by atoms with van der Waals surface area (Å²) in [4.78, 5) is 11.8. The minimum absolute atomic E-state index is 0.221. The van der Waals surface area contributed by atoms with Crippen LogP contribution >= 0.6 is 23.4 Å². The number of hydrogen-bond donors (Lipinski definition) is 2. The molecule has 5 heteroatoms. The Hall–Kier alpha value is -0.710. The van der Waals surface area contributed by atoms with Crippen LogP contribution in [0.25, 0.3) is 0 Å². The van der Waals surface area contributed by atoms with Gasteiger partial charge in [0.05, 0.1) is 5.60 Å². The number of rotatable bonds is 5. The summed E-state index contributed by atoms with van der Waals surface area (Å²) in [6.45, 7) is 1.92. The first-order chi connectivity index (χ1) is 7.94. The fraction of sp³-hybridized carbons (Fsp3) is 0.417. The number of amides is 1. The molecule has 0 radical (unpaired) electrons. The molecule has 1 unspecified atom stereocenters. The molecule has 0 fully saturated rings. The SMILES string of the molecule is CSCC(C)(O)CNC(=O)c1cccc(Cl)c1. The van der Waals surface area contributed by atoms with Gasteiger partial charge in [-0.2, -0.15) is 11.8 Å². The van der Waals surface area contributed by atoms with E-state index in [4.69, 9.17) is 11.6 Å². The minimum Gasteiger partial charge on any atom is -0.387 e. The molecule has 0 aliphatic rings. The van der Waals surface area contributed by atoms with E-state index >= 15 is 0 Å². The molecule has 2 N–H and O–H groups in total. The highest BCUT2D eigenvalue weighted by atomic mass is 35.5. The van der Waals surface area contributed by atoms with Crippen molar-refractivity contribution in [1.29, 1.82) is 0 Å². The lowest BCUT2D eigenvalue weighted by Crippen LogP contribution is -2.42. The van der Waals surface area contributed by atoms with E-state index in [0.29, 0.717) is 16.3 Å². The van der Waals surface area contributed by atoms with Crippen molar-refractivity contribution < 1.29 is 9.90 Å². The molecule has 0 aliphatic heterocycles. The molecule has 1 amide bonds. The predicted octanol–water partition coefficient (Wildman–Crippen LogP) is 2.18. The summed E-state index contributed by atoms with van der Waals surface area (Å²) >= 11 is 7.33. The average molecular weight is 274 g/mol. The van der Waals surface area contributed by atoms with Gasteiger partial charge in [0.2, 0.25) is 0 Å². The second-order valence-electron chi connectivity index (χ2n) is 4.12. The molecule has 1 atom stereocenters. The van der Waals surface area contributed by atoms with Gasteiger partial charge >= 0.3 is 0 Å². The standard InChI is InChI=1S/C12H16ClNO2S/c1-12(16,8-17-2)7-14-11(15)9-4-3-5-10(13)6-9/h3-6,16H,7-8H2,1-2H3,(H,14,15). The molecular formula is C12H16ClNO2S. The van der Waals surface area contributed by atoms with Gasteiger partial charge in [0.25, 0.3) is 5.91 Å². The summed E-state index contributed by atoms with van der Waals surface area (Å²) in [7, 11) is 0. The Morgan fingerprint density at radius 1 is 1.59 bits per heavy atom. The number of hydrogen-bond acceptors (Lipinski definition) is 3. The molecule has 0 heterocycles. The Labute approximate surface area is 111 Å². The maximum absolute atomic E-state index is 11.8. The van der Waals surface area contributed by atoms with Crippen molar-refractivity contribution in [3.63, 3.8) is 0 Å². The van der Waals surface area contributed by atoms with E-state index in [1.807, 2.05) is 6.26 Å². The smallest absolute Gasteiger partial charge is 0.251 e. The quantitative estimate of drug-likeness (QED) is 0.865. The zero-order chi connectivity index (χ0) is 12.9. The van der Waals surface area contributed by atoms with E-state index in [1.54, 1.807) is 31.2 Å². The van der Waals surface area contributed by atoms with Crippen molar-refractivity contribution in [3.05, 3.63) is 34.9 Å². The van der Waals surface area contributed by atoms with Crippen molar-refractivity contribution in [2.24, 2.45) is 0 Å². The fourth-order valence-electron chi connectivity index (χ4n) is 1.36. The maximum Gasteiger partial charge on any atom is 0.251 e. The van der Waals surface area contributed by atoms with Crippen molar-refractivity contribution in [1.82, 2.24) is 5.32 Å². The Morgan fingerprint density at radius 2 is 2.29 bits per heavy atom. The number of halogens is 1. The van der Waals surface area contributed by atoms with Gasteiger partial charge in [-0.15, -0.1) is 0 Å². The van der Waals surface area contributed by atoms with Crippen LogP contribution in [0.3, 0.4) is 0 Å². The third kappa shape index (κ3) is 4.98. The first-order valence-electron chi connectivity index (χ1n) is 5.20. The molecule has 0 aromatic heterocycles. The lowest BCUT2D eigenvalue weighted by Gasteiger charge is -2.22. The second kappa shape index (κ2) is 6.28. The largest absolute Gasteiger partial charge is 0.387 e. The summed E-state index contributed by atoms with van der Waals surface area (Å²) in [6.07, 6.45) is 1.91. The molecule has 0 saturated carbocycles. The van der Waals surface area contributed by atoms with Crippen LogP contribution in [0.1, 0.15) is 17.3 Å². The van der Waals surface area contributed by atoms with Gasteiger partial charge in [-0.05, 0) is 31.4 Å². The van der Waals surface area contributed by atoms with Crippen LogP contribution in [0.4, 0.5) is 0 Å². The highest BCUT2D eigenvalue weighted by molar-refractivity contribution is 7.98. The van der Waals surface area contributed by atoms with Gasteiger partial charge in [-0.3, -0.25) is 4.79 Å². The molecule has 0 aliphatic carbocycles. The van der Waals surface area contributed by atoms with E-state index in [1.165, 1.54) is 11.8 Å². The number of benzene rings is 1. The highest BCUT2D eigenvalue weighted by Gasteiger charge is 2.20. The molecule has 0 spiro atoms. The first-order valence-corrected chi connectivity index (χ1v) is 6.97. The van der Waals surface area contributed by atoms with E-state index in [2.05, 4.69) is 5.32 Å². The van der Waals surface area contributed by atoms with Crippen LogP contribution in [0.5, 0.6) is 0 Å². The predicted molar refractivity (Wildman–Crippen MR) is 72.8 cm³/mol. The molecule has 0 saturated heterocycles. The van der Waals surface area contributed by atoms with Gasteiger partial charge in [0.1, 0.15) is 0 Å². The van der Waals surface area contributed by atoms with Crippen LogP contribution in [0.2, 0.25) is 5.02 Å². The summed E-state index contributed by atoms with van der Waals surface area (Å²) in [5.74, 6) is 0.344. The molecule has 1 aromatic carbocycles. The number of carbonyl (C=O) groups is 1. The van der Waals surface area contributed by atoms with Crippen molar-refractivity contribution in [2.45, 2.75) is 12.5 Å². The molecule has 1 rings (SSSR count). The first kappa shape index (κ1) is 14.4. The summed E-state index contributed by atoms with van der Waals surface area (Å²) in [5.41, 5.74) is -0.398. The average Bonchev–Trinajstić information content (AvgIpc) is 2.26. The Balaban J connectivity index is 2.56. The zero-order valence-corrected chi connectivity index (χ0v) is 11.4. The molecule has 3 nitrogen and oxygen atoms in total. The van der Waals surface area contributed by atoms with Gasteiger partial charge in [0.15, 0.2) is 0 Å². The number of aliphatic hydroxyl groups is 1. The van der Waals surface area contributed by atoms with Gasteiger partial charge in [-0.25, -0.2) is 0 Å². The van der Waals surface area contributed by atoms with Crippen LogP contribution < -0.4 is 5.32 Å². The Bertz CT molecular complexity index is 396. The van der Waals surface area contributed by atoms with Gasteiger partial charge < -0.3 is 10.4 Å². The fourth-order valence-corrected chi connectivity index (χ4v) is 2.28. The summed E-state index contributed by atoms with van der Waals surface area (Å²) < 4.78 is 0. The number of thioether (sulfide) groups is 1. The Kier molecular flexibility index (Phi) is 5.31. The van der Waals surface area contributed by atoms with E-state index in [0.717, 1.165) is 0 Å².